The second-order valence-electron chi connectivity index (χ2n) is 4.97. The van der Waals surface area contributed by atoms with Gasteiger partial charge in [0.2, 0.25) is 5.91 Å². The smallest absolute Gasteiger partial charge is 0.224 e. The molecule has 1 rings (SSSR count). The normalized spacial score (nSPS) is 23.6. The summed E-state index contributed by atoms with van der Waals surface area (Å²) >= 11 is 0. The lowest BCUT2D eigenvalue weighted by atomic mass is 10.0. The quantitative estimate of drug-likeness (QED) is 0.742. The largest absolute Gasteiger partial charge is 0.346 e. The summed E-state index contributed by atoms with van der Waals surface area (Å²) in [4.78, 5) is 13.3. The highest BCUT2D eigenvalue weighted by molar-refractivity contribution is 7.91. The van der Waals surface area contributed by atoms with Gasteiger partial charge in [0, 0.05) is 19.5 Å². The van der Waals surface area contributed by atoms with Crippen molar-refractivity contribution < 1.29 is 13.2 Å². The molecule has 94 valence electrons. The molecule has 1 saturated heterocycles. The van der Waals surface area contributed by atoms with Crippen LogP contribution in [0.5, 0.6) is 0 Å². The Kier molecular flexibility index (Phi) is 4.35. The number of sulfone groups is 1. The number of rotatable bonds is 4. The monoisotopic (exact) mass is 247 g/mol. The molecule has 0 aromatic rings. The molecule has 16 heavy (non-hydrogen) atoms. The summed E-state index contributed by atoms with van der Waals surface area (Å²) in [5.74, 6) is 1.00. The number of amides is 1. The zero-order chi connectivity index (χ0) is 12.3. The fourth-order valence-corrected chi connectivity index (χ4v) is 3.94. The minimum absolute atomic E-state index is 0.0114. The molecular weight excluding hydrogens is 226 g/mol. The second kappa shape index (κ2) is 5.17. The minimum atomic E-state index is -2.78. The van der Waals surface area contributed by atoms with Crippen LogP contribution in [-0.2, 0) is 14.6 Å². The molecule has 1 unspecified atom stereocenters. The topological polar surface area (TPSA) is 54.5 Å². The summed E-state index contributed by atoms with van der Waals surface area (Å²) in [5, 5.41) is 0. The van der Waals surface area contributed by atoms with Crippen LogP contribution in [0, 0.1) is 11.8 Å². The second-order valence-corrected chi connectivity index (χ2v) is 7.20. The van der Waals surface area contributed by atoms with Crippen molar-refractivity contribution in [1.29, 1.82) is 0 Å². The molecule has 1 fully saturated rings. The fourth-order valence-electron chi connectivity index (χ4n) is 2.03. The lowest BCUT2D eigenvalue weighted by Gasteiger charge is -2.20. The maximum atomic E-state index is 11.6. The number of hydrogen-bond acceptors (Lipinski definition) is 3. The van der Waals surface area contributed by atoms with Crippen LogP contribution < -0.4 is 0 Å². The van der Waals surface area contributed by atoms with Crippen LogP contribution >= 0.6 is 0 Å². The van der Waals surface area contributed by atoms with Gasteiger partial charge >= 0.3 is 0 Å². The predicted molar refractivity (Wildman–Crippen MR) is 63.9 cm³/mol. The van der Waals surface area contributed by atoms with Gasteiger partial charge in [-0.15, -0.1) is 0 Å². The van der Waals surface area contributed by atoms with E-state index in [9.17, 15) is 13.2 Å². The molecule has 1 amide bonds. The van der Waals surface area contributed by atoms with Crippen LogP contribution in [-0.4, -0.2) is 44.3 Å². The first-order chi connectivity index (χ1) is 7.32. The van der Waals surface area contributed by atoms with E-state index >= 15 is 0 Å². The van der Waals surface area contributed by atoms with E-state index in [1.165, 1.54) is 0 Å². The van der Waals surface area contributed by atoms with Crippen LogP contribution in [0.4, 0.5) is 0 Å². The van der Waals surface area contributed by atoms with Gasteiger partial charge < -0.3 is 4.90 Å². The van der Waals surface area contributed by atoms with Gasteiger partial charge in [0.1, 0.15) is 0 Å². The molecule has 0 radical (unpaired) electrons. The van der Waals surface area contributed by atoms with Gasteiger partial charge in [-0.2, -0.15) is 0 Å². The molecule has 0 spiro atoms. The van der Waals surface area contributed by atoms with Crippen LogP contribution in [0.2, 0.25) is 0 Å². The molecule has 1 atom stereocenters. The molecule has 1 aliphatic heterocycles. The van der Waals surface area contributed by atoms with Crippen molar-refractivity contribution >= 4 is 15.7 Å². The molecule has 4 nitrogen and oxygen atoms in total. The van der Waals surface area contributed by atoms with E-state index in [-0.39, 0.29) is 17.7 Å². The maximum absolute atomic E-state index is 11.6. The minimum Gasteiger partial charge on any atom is -0.346 e. The van der Waals surface area contributed by atoms with Gasteiger partial charge in [-0.05, 0) is 18.8 Å². The highest BCUT2D eigenvalue weighted by Crippen LogP contribution is 2.21. The Morgan fingerprint density at radius 3 is 2.50 bits per heavy atom. The van der Waals surface area contributed by atoms with Crippen molar-refractivity contribution in [1.82, 2.24) is 4.90 Å². The summed E-state index contributed by atoms with van der Waals surface area (Å²) in [6, 6.07) is 0. The third-order valence-electron chi connectivity index (χ3n) is 3.07. The molecule has 0 N–H and O–H groups in total. The van der Waals surface area contributed by atoms with Crippen LogP contribution in [0.15, 0.2) is 0 Å². The molecule has 0 aromatic heterocycles. The summed E-state index contributed by atoms with van der Waals surface area (Å²) in [5.41, 5.74) is 0. The molecule has 0 aromatic carbocycles. The molecule has 5 heteroatoms. The van der Waals surface area contributed by atoms with Crippen molar-refractivity contribution in [3.8, 4) is 0 Å². The third-order valence-corrected chi connectivity index (χ3v) is 4.91. The Morgan fingerprint density at radius 1 is 1.44 bits per heavy atom. The highest BCUT2D eigenvalue weighted by Gasteiger charge is 2.28. The average molecular weight is 247 g/mol. The first kappa shape index (κ1) is 13.5. The number of carbonyl (C=O) groups excluding carboxylic acids is 1. The molecule has 0 aliphatic carbocycles. The van der Waals surface area contributed by atoms with Gasteiger partial charge in [0.25, 0.3) is 0 Å². The fraction of sp³-hybridized carbons (Fsp3) is 0.909. The number of carbonyl (C=O) groups is 1. The Morgan fingerprint density at radius 2 is 2.06 bits per heavy atom. The lowest BCUT2D eigenvalue weighted by molar-refractivity contribution is -0.133. The SMILES string of the molecule is CC(C)C(=O)N(C)CCC1CCS(=O)(=O)C1. The van der Waals surface area contributed by atoms with Crippen molar-refractivity contribution in [3.63, 3.8) is 0 Å². The summed E-state index contributed by atoms with van der Waals surface area (Å²) in [7, 11) is -1.000. The predicted octanol–water partition coefficient (Wildman–Crippen LogP) is 0.926. The molecule has 0 saturated carbocycles. The Hall–Kier alpha value is -0.580. The van der Waals surface area contributed by atoms with Crippen molar-refractivity contribution in [2.75, 3.05) is 25.1 Å². The van der Waals surface area contributed by atoms with E-state index in [4.69, 9.17) is 0 Å². The van der Waals surface area contributed by atoms with E-state index in [1.54, 1.807) is 11.9 Å². The van der Waals surface area contributed by atoms with E-state index in [1.807, 2.05) is 13.8 Å². The van der Waals surface area contributed by atoms with Gasteiger partial charge in [-0.1, -0.05) is 13.8 Å². The van der Waals surface area contributed by atoms with Gasteiger partial charge in [-0.25, -0.2) is 8.42 Å². The van der Waals surface area contributed by atoms with E-state index in [0.717, 1.165) is 12.8 Å². The van der Waals surface area contributed by atoms with Crippen molar-refractivity contribution in [2.45, 2.75) is 26.7 Å². The summed E-state index contributed by atoms with van der Waals surface area (Å²) in [6.07, 6.45) is 1.56. The van der Waals surface area contributed by atoms with E-state index < -0.39 is 9.84 Å². The Balaban J connectivity index is 2.33. The molecular formula is C11H21NO3S. The number of nitrogens with zero attached hydrogens (tertiary/aromatic N) is 1. The standard InChI is InChI=1S/C11H21NO3S/c1-9(2)11(13)12(3)6-4-10-5-7-16(14,15)8-10/h9-10H,4-8H2,1-3H3. The van der Waals surface area contributed by atoms with Crippen LogP contribution in [0.1, 0.15) is 26.7 Å². The van der Waals surface area contributed by atoms with Crippen LogP contribution in [0.25, 0.3) is 0 Å². The number of hydrogen-bond donors (Lipinski definition) is 0. The first-order valence-corrected chi connectivity index (χ1v) is 7.59. The van der Waals surface area contributed by atoms with Gasteiger partial charge in [0.05, 0.1) is 11.5 Å². The lowest BCUT2D eigenvalue weighted by Crippen LogP contribution is -2.32. The average Bonchev–Trinajstić information content (AvgIpc) is 2.53. The highest BCUT2D eigenvalue weighted by atomic mass is 32.2. The molecule has 0 bridgehead atoms. The Labute approximate surface area is 97.9 Å². The molecule has 1 aliphatic rings. The first-order valence-electron chi connectivity index (χ1n) is 5.77. The third kappa shape index (κ3) is 3.77. The maximum Gasteiger partial charge on any atom is 0.224 e. The Bertz CT molecular complexity index is 348. The van der Waals surface area contributed by atoms with E-state index in [2.05, 4.69) is 0 Å². The van der Waals surface area contributed by atoms with E-state index in [0.29, 0.717) is 18.1 Å². The van der Waals surface area contributed by atoms with Gasteiger partial charge in [0.15, 0.2) is 9.84 Å². The van der Waals surface area contributed by atoms with Crippen molar-refractivity contribution in [2.24, 2.45) is 11.8 Å². The van der Waals surface area contributed by atoms with Gasteiger partial charge in [-0.3, -0.25) is 4.79 Å². The van der Waals surface area contributed by atoms with Crippen LogP contribution in [0.3, 0.4) is 0 Å². The summed E-state index contributed by atoms with van der Waals surface area (Å²) in [6.45, 7) is 4.41. The zero-order valence-corrected chi connectivity index (χ0v) is 11.1. The zero-order valence-electron chi connectivity index (χ0n) is 10.3. The van der Waals surface area contributed by atoms with Crippen molar-refractivity contribution in [3.05, 3.63) is 0 Å². The summed E-state index contributed by atoms with van der Waals surface area (Å²) < 4.78 is 22.5. The molecule has 1 heterocycles.